The molecule has 0 aliphatic carbocycles. The van der Waals surface area contributed by atoms with Crippen LogP contribution in [0.2, 0.25) is 0 Å². The zero-order valence-corrected chi connectivity index (χ0v) is 19.4. The Bertz CT molecular complexity index is 487. The van der Waals surface area contributed by atoms with E-state index in [1.807, 2.05) is 0 Å². The lowest BCUT2D eigenvalue weighted by Gasteiger charge is -2.15. The summed E-state index contributed by atoms with van der Waals surface area (Å²) in [6.45, 7) is 14.1. The molecular formula is C27H48. The molecule has 156 valence electrons. The highest BCUT2D eigenvalue weighted by Crippen LogP contribution is 2.22. The van der Waals surface area contributed by atoms with Gasteiger partial charge in [0.25, 0.3) is 0 Å². The van der Waals surface area contributed by atoms with E-state index in [2.05, 4.69) is 59.7 Å². The minimum atomic E-state index is 0.873. The predicted octanol–water partition coefficient (Wildman–Crippen LogP) is 8.79. The molecule has 0 heterocycles. The van der Waals surface area contributed by atoms with Gasteiger partial charge in [-0.05, 0) is 73.0 Å². The normalized spacial score (nSPS) is 14.9. The average Bonchev–Trinajstić information content (AvgIpc) is 2.68. The molecule has 1 rings (SSSR count). The maximum atomic E-state index is 2.56. The van der Waals surface area contributed by atoms with Crippen molar-refractivity contribution in [2.45, 2.75) is 119 Å². The molecule has 0 bridgehead atoms. The largest absolute Gasteiger partial charge is 0.0651 e. The molecule has 0 nitrogen and oxygen atoms in total. The number of hydrogen-bond donors (Lipinski definition) is 0. The van der Waals surface area contributed by atoms with Crippen molar-refractivity contribution in [2.24, 2.45) is 17.8 Å². The van der Waals surface area contributed by atoms with Crippen LogP contribution in [-0.2, 0) is 19.3 Å². The van der Waals surface area contributed by atoms with Crippen LogP contribution in [0.4, 0.5) is 0 Å². The number of benzene rings is 1. The summed E-state index contributed by atoms with van der Waals surface area (Å²) in [6, 6.07) is 7.45. The molecule has 0 fully saturated rings. The lowest BCUT2D eigenvalue weighted by atomic mass is 9.91. The van der Waals surface area contributed by atoms with Crippen LogP contribution in [0.15, 0.2) is 18.2 Å². The topological polar surface area (TPSA) is 0 Å². The van der Waals surface area contributed by atoms with Gasteiger partial charge in [0, 0.05) is 0 Å². The summed E-state index contributed by atoms with van der Waals surface area (Å²) in [5.41, 5.74) is 4.86. The molecule has 0 saturated carbocycles. The van der Waals surface area contributed by atoms with Crippen LogP contribution in [0, 0.1) is 17.8 Å². The van der Waals surface area contributed by atoms with Crippen molar-refractivity contribution < 1.29 is 0 Å². The van der Waals surface area contributed by atoms with Crippen molar-refractivity contribution in [3.8, 4) is 0 Å². The van der Waals surface area contributed by atoms with E-state index in [9.17, 15) is 0 Å². The van der Waals surface area contributed by atoms with Crippen molar-refractivity contribution in [1.82, 2.24) is 0 Å². The summed E-state index contributed by atoms with van der Waals surface area (Å²) in [6.07, 6.45) is 15.9. The van der Waals surface area contributed by atoms with Gasteiger partial charge in [0.1, 0.15) is 0 Å². The van der Waals surface area contributed by atoms with Crippen molar-refractivity contribution >= 4 is 0 Å². The Kier molecular flexibility index (Phi) is 12.8. The molecule has 0 N–H and O–H groups in total. The van der Waals surface area contributed by atoms with E-state index >= 15 is 0 Å². The lowest BCUT2D eigenvalue weighted by Crippen LogP contribution is -2.01. The molecule has 0 spiro atoms. The molecule has 0 aromatic heterocycles. The number of rotatable bonds is 15. The van der Waals surface area contributed by atoms with Gasteiger partial charge in [0.15, 0.2) is 0 Å². The van der Waals surface area contributed by atoms with Crippen molar-refractivity contribution in [3.63, 3.8) is 0 Å². The Balaban J connectivity index is 2.68. The van der Waals surface area contributed by atoms with Crippen molar-refractivity contribution in [1.29, 1.82) is 0 Å². The summed E-state index contributed by atoms with van der Waals surface area (Å²) in [4.78, 5) is 0. The smallest absolute Gasteiger partial charge is 0.0276 e. The van der Waals surface area contributed by atoms with Gasteiger partial charge in [-0.2, -0.15) is 0 Å². The van der Waals surface area contributed by atoms with Crippen LogP contribution >= 0.6 is 0 Å². The predicted molar refractivity (Wildman–Crippen MR) is 124 cm³/mol. The minimum absolute atomic E-state index is 0.873. The second-order valence-electron chi connectivity index (χ2n) is 9.32. The Labute approximate surface area is 171 Å². The molecule has 0 aliphatic rings. The first-order chi connectivity index (χ1) is 13.0. The van der Waals surface area contributed by atoms with E-state index in [0.717, 1.165) is 17.8 Å². The molecule has 0 amide bonds. The van der Waals surface area contributed by atoms with Gasteiger partial charge in [-0.3, -0.25) is 0 Å². The fraction of sp³-hybridized carbons (Fsp3) is 0.778. The lowest BCUT2D eigenvalue weighted by molar-refractivity contribution is 0.489. The Morgan fingerprint density at radius 3 is 1.52 bits per heavy atom. The van der Waals surface area contributed by atoms with Crippen LogP contribution in [-0.4, -0.2) is 0 Å². The van der Waals surface area contributed by atoms with E-state index in [4.69, 9.17) is 0 Å². The van der Waals surface area contributed by atoms with E-state index in [1.165, 1.54) is 77.0 Å². The van der Waals surface area contributed by atoms with Gasteiger partial charge in [-0.15, -0.1) is 0 Å². The Morgan fingerprint density at radius 1 is 0.593 bits per heavy atom. The van der Waals surface area contributed by atoms with Crippen LogP contribution in [0.3, 0.4) is 0 Å². The monoisotopic (exact) mass is 372 g/mol. The number of aryl methyl sites for hydroxylation is 3. The molecule has 1 aromatic carbocycles. The Hall–Kier alpha value is -0.780. The van der Waals surface area contributed by atoms with Crippen LogP contribution < -0.4 is 0 Å². The molecule has 27 heavy (non-hydrogen) atoms. The summed E-state index contributed by atoms with van der Waals surface area (Å²) in [5.74, 6) is 2.62. The summed E-state index contributed by atoms with van der Waals surface area (Å²) in [5, 5.41) is 0. The highest BCUT2D eigenvalue weighted by molar-refractivity contribution is 5.32. The average molecular weight is 373 g/mol. The second kappa shape index (κ2) is 14.3. The van der Waals surface area contributed by atoms with Gasteiger partial charge in [-0.25, -0.2) is 0 Å². The molecule has 1 aromatic rings. The van der Waals surface area contributed by atoms with Crippen molar-refractivity contribution in [2.75, 3.05) is 0 Å². The van der Waals surface area contributed by atoms with E-state index in [0.29, 0.717) is 0 Å². The van der Waals surface area contributed by atoms with Gasteiger partial charge in [-0.1, -0.05) is 98.3 Å². The molecule has 0 saturated heterocycles. The van der Waals surface area contributed by atoms with E-state index in [-0.39, 0.29) is 0 Å². The fourth-order valence-electron chi connectivity index (χ4n) is 3.86. The first-order valence-corrected chi connectivity index (χ1v) is 12.1. The van der Waals surface area contributed by atoms with Crippen LogP contribution in [0.25, 0.3) is 0 Å². The maximum Gasteiger partial charge on any atom is -0.0276 e. The van der Waals surface area contributed by atoms with Crippen molar-refractivity contribution in [3.05, 3.63) is 34.9 Å². The SMILES string of the molecule is CCC(C)CCCc1ccc(CCCC(C)CC)c(CCCC(C)CC)c1. The second-order valence-corrected chi connectivity index (χ2v) is 9.32. The fourth-order valence-corrected chi connectivity index (χ4v) is 3.86. The third-order valence-corrected chi connectivity index (χ3v) is 6.81. The van der Waals surface area contributed by atoms with Gasteiger partial charge in [0.05, 0.1) is 0 Å². The third-order valence-electron chi connectivity index (χ3n) is 6.81. The molecular weight excluding hydrogens is 324 g/mol. The highest BCUT2D eigenvalue weighted by Gasteiger charge is 2.08. The third kappa shape index (κ3) is 10.4. The number of hydrogen-bond acceptors (Lipinski definition) is 0. The molecule has 0 radical (unpaired) electrons. The maximum absolute atomic E-state index is 2.56. The highest BCUT2D eigenvalue weighted by atomic mass is 14.1. The molecule has 3 atom stereocenters. The van der Waals surface area contributed by atoms with Gasteiger partial charge < -0.3 is 0 Å². The zero-order valence-electron chi connectivity index (χ0n) is 19.4. The first-order valence-electron chi connectivity index (χ1n) is 12.1. The van der Waals surface area contributed by atoms with Gasteiger partial charge >= 0.3 is 0 Å². The summed E-state index contributed by atoms with van der Waals surface area (Å²) >= 11 is 0. The summed E-state index contributed by atoms with van der Waals surface area (Å²) in [7, 11) is 0. The quantitative estimate of drug-likeness (QED) is 0.288. The van der Waals surface area contributed by atoms with E-state index in [1.54, 1.807) is 16.7 Å². The van der Waals surface area contributed by atoms with Gasteiger partial charge in [0.2, 0.25) is 0 Å². The van der Waals surface area contributed by atoms with Crippen LogP contribution in [0.5, 0.6) is 0 Å². The van der Waals surface area contributed by atoms with Crippen LogP contribution in [0.1, 0.15) is 116 Å². The first kappa shape index (κ1) is 24.3. The molecule has 3 unspecified atom stereocenters. The molecule has 0 aliphatic heterocycles. The zero-order chi connectivity index (χ0) is 20.1. The summed E-state index contributed by atoms with van der Waals surface area (Å²) < 4.78 is 0. The Morgan fingerprint density at radius 2 is 1.04 bits per heavy atom. The van der Waals surface area contributed by atoms with E-state index < -0.39 is 0 Å². The molecule has 0 heteroatoms. The minimum Gasteiger partial charge on any atom is -0.0651 e. The standard InChI is InChI=1S/C27H48/c1-7-22(4)13-10-16-25-19-20-26(17-11-14-23(5)8-2)27(21-25)18-12-15-24(6)9-3/h19-24H,7-18H2,1-6H3.